The summed E-state index contributed by atoms with van der Waals surface area (Å²) in [4.78, 5) is 11.7. The third kappa shape index (κ3) is 4.39. The molecule has 2 aromatic rings. The minimum atomic E-state index is -0.479. The predicted molar refractivity (Wildman–Crippen MR) is 80.3 cm³/mol. The molecule has 4 nitrogen and oxygen atoms in total. The van der Waals surface area contributed by atoms with E-state index in [0.717, 1.165) is 5.56 Å². The van der Waals surface area contributed by atoms with Gasteiger partial charge in [-0.25, -0.2) is 4.79 Å². The molecule has 0 spiro atoms. The highest BCUT2D eigenvalue weighted by atomic mass is 35.5. The third-order valence-electron chi connectivity index (χ3n) is 2.78. The summed E-state index contributed by atoms with van der Waals surface area (Å²) in [5.74, 6) is 1.23. The van der Waals surface area contributed by atoms with Gasteiger partial charge in [0.25, 0.3) is 0 Å². The van der Waals surface area contributed by atoms with Crippen LogP contribution in [0.1, 0.15) is 5.56 Å². The maximum Gasteiger partial charge on any atom is 0.349 e. The Bertz CT molecular complexity index is 623. The molecule has 0 saturated carbocycles. The number of hydrogen-bond donors (Lipinski definition) is 0. The summed E-state index contributed by atoms with van der Waals surface area (Å²) in [6.45, 7) is 1.69. The van der Waals surface area contributed by atoms with Gasteiger partial charge in [0.05, 0.1) is 7.11 Å². The van der Waals surface area contributed by atoms with E-state index >= 15 is 0 Å². The third-order valence-corrected chi connectivity index (χ3v) is 3.20. The average molecular weight is 307 g/mol. The molecule has 0 aliphatic rings. The Hall–Kier alpha value is -2.20. The topological polar surface area (TPSA) is 44.8 Å². The van der Waals surface area contributed by atoms with Crippen molar-refractivity contribution >= 4 is 17.6 Å². The van der Waals surface area contributed by atoms with Gasteiger partial charge >= 0.3 is 5.97 Å². The first kappa shape index (κ1) is 15.2. The highest BCUT2D eigenvalue weighted by molar-refractivity contribution is 6.31. The van der Waals surface area contributed by atoms with E-state index in [0.29, 0.717) is 22.3 Å². The lowest BCUT2D eigenvalue weighted by atomic mass is 10.2. The highest BCUT2D eigenvalue weighted by Crippen LogP contribution is 2.21. The lowest BCUT2D eigenvalue weighted by Gasteiger charge is -2.08. The molecule has 0 heterocycles. The smallest absolute Gasteiger partial charge is 0.349 e. The quantitative estimate of drug-likeness (QED) is 0.625. The number of carbonyl (C=O) groups excluding carboxylic acids is 1. The molecule has 0 radical (unpaired) electrons. The fourth-order valence-corrected chi connectivity index (χ4v) is 1.77. The minimum absolute atomic E-state index is 0.174. The second-order valence-corrected chi connectivity index (χ2v) is 4.76. The first-order valence-electron chi connectivity index (χ1n) is 6.32. The van der Waals surface area contributed by atoms with E-state index in [1.54, 1.807) is 49.6 Å². The summed E-state index contributed by atoms with van der Waals surface area (Å²) in [5.41, 5.74) is 0.887. The van der Waals surface area contributed by atoms with Gasteiger partial charge in [-0.2, -0.15) is 0 Å². The number of carbonyl (C=O) groups is 1. The molecular weight excluding hydrogens is 292 g/mol. The summed E-state index contributed by atoms with van der Waals surface area (Å²) >= 11 is 5.92. The molecule has 5 heteroatoms. The molecule has 0 aliphatic carbocycles. The Kier molecular flexibility index (Phi) is 5.06. The second-order valence-electron chi connectivity index (χ2n) is 4.35. The number of esters is 1. The van der Waals surface area contributed by atoms with Crippen LogP contribution in [0, 0.1) is 6.92 Å². The van der Waals surface area contributed by atoms with Crippen LogP contribution in [0.15, 0.2) is 42.5 Å². The Labute approximate surface area is 128 Å². The van der Waals surface area contributed by atoms with Crippen LogP contribution in [-0.2, 0) is 4.79 Å². The lowest BCUT2D eigenvalue weighted by molar-refractivity contribution is -0.136. The van der Waals surface area contributed by atoms with Crippen molar-refractivity contribution in [2.45, 2.75) is 6.92 Å². The minimum Gasteiger partial charge on any atom is -0.497 e. The van der Waals surface area contributed by atoms with Crippen LogP contribution in [0.4, 0.5) is 0 Å². The molecule has 0 aromatic heterocycles. The molecule has 0 aliphatic heterocycles. The van der Waals surface area contributed by atoms with Crippen molar-refractivity contribution in [3.63, 3.8) is 0 Å². The molecule has 0 unspecified atom stereocenters. The first-order valence-corrected chi connectivity index (χ1v) is 6.70. The molecule has 0 saturated heterocycles. The Morgan fingerprint density at radius 3 is 2.29 bits per heavy atom. The molecule has 110 valence electrons. The molecule has 0 fully saturated rings. The van der Waals surface area contributed by atoms with Crippen LogP contribution in [-0.4, -0.2) is 19.7 Å². The number of hydrogen-bond acceptors (Lipinski definition) is 4. The molecule has 0 N–H and O–H groups in total. The number of rotatable bonds is 5. The fraction of sp³-hybridized carbons (Fsp3) is 0.188. The summed E-state index contributed by atoms with van der Waals surface area (Å²) in [5, 5.41) is 0.656. The Morgan fingerprint density at radius 1 is 1.05 bits per heavy atom. The standard InChI is InChI=1S/C16H15ClO4/c1-11-9-14(7-8-15(11)17)20-10-16(18)21-13-5-3-12(19-2)4-6-13/h3-9H,10H2,1-2H3. The normalized spacial score (nSPS) is 10.0. The SMILES string of the molecule is COc1ccc(OC(=O)COc2ccc(Cl)c(C)c2)cc1. The van der Waals surface area contributed by atoms with Crippen LogP contribution in [0.25, 0.3) is 0 Å². The van der Waals surface area contributed by atoms with Gasteiger partial charge in [0.1, 0.15) is 17.2 Å². The summed E-state index contributed by atoms with van der Waals surface area (Å²) in [6.07, 6.45) is 0. The van der Waals surface area contributed by atoms with Crippen molar-refractivity contribution in [1.29, 1.82) is 0 Å². The highest BCUT2D eigenvalue weighted by Gasteiger charge is 2.07. The van der Waals surface area contributed by atoms with Crippen LogP contribution in [0.2, 0.25) is 5.02 Å². The molecule has 0 bridgehead atoms. The Balaban J connectivity index is 1.87. The van der Waals surface area contributed by atoms with Crippen molar-refractivity contribution in [2.75, 3.05) is 13.7 Å². The van der Waals surface area contributed by atoms with E-state index in [1.165, 1.54) is 0 Å². The fourth-order valence-electron chi connectivity index (χ4n) is 1.65. The van der Waals surface area contributed by atoms with E-state index in [4.69, 9.17) is 25.8 Å². The van der Waals surface area contributed by atoms with Crippen molar-refractivity contribution in [2.24, 2.45) is 0 Å². The summed E-state index contributed by atoms with van der Waals surface area (Å²) < 4.78 is 15.5. The van der Waals surface area contributed by atoms with Gasteiger partial charge < -0.3 is 14.2 Å². The Morgan fingerprint density at radius 2 is 1.67 bits per heavy atom. The molecule has 0 amide bonds. The van der Waals surface area contributed by atoms with Gasteiger partial charge in [-0.3, -0.25) is 0 Å². The summed E-state index contributed by atoms with van der Waals surface area (Å²) in [6, 6.07) is 11.9. The maximum absolute atomic E-state index is 11.7. The monoisotopic (exact) mass is 306 g/mol. The van der Waals surface area contributed by atoms with Crippen molar-refractivity contribution < 1.29 is 19.0 Å². The van der Waals surface area contributed by atoms with Crippen molar-refractivity contribution in [3.8, 4) is 17.2 Å². The van der Waals surface area contributed by atoms with E-state index in [9.17, 15) is 4.79 Å². The van der Waals surface area contributed by atoms with Gasteiger partial charge in [0.2, 0.25) is 0 Å². The van der Waals surface area contributed by atoms with Crippen LogP contribution in [0.3, 0.4) is 0 Å². The summed E-state index contributed by atoms with van der Waals surface area (Å²) in [7, 11) is 1.57. The molecular formula is C16H15ClO4. The van der Waals surface area contributed by atoms with Gasteiger partial charge in [-0.05, 0) is 55.0 Å². The van der Waals surface area contributed by atoms with Gasteiger partial charge in [-0.15, -0.1) is 0 Å². The van der Waals surface area contributed by atoms with Crippen LogP contribution >= 0.6 is 11.6 Å². The number of aryl methyl sites for hydroxylation is 1. The zero-order valence-electron chi connectivity index (χ0n) is 11.8. The van der Waals surface area contributed by atoms with Gasteiger partial charge in [0.15, 0.2) is 6.61 Å². The molecule has 2 aromatic carbocycles. The number of benzene rings is 2. The molecule has 0 atom stereocenters. The number of methoxy groups -OCH3 is 1. The second kappa shape index (κ2) is 6.99. The lowest BCUT2D eigenvalue weighted by Crippen LogP contribution is -2.17. The largest absolute Gasteiger partial charge is 0.497 e. The maximum atomic E-state index is 11.7. The van der Waals surface area contributed by atoms with Crippen LogP contribution in [0.5, 0.6) is 17.2 Å². The predicted octanol–water partition coefficient (Wildman–Crippen LogP) is 3.64. The molecule has 2 rings (SSSR count). The van der Waals surface area contributed by atoms with Gasteiger partial charge in [-0.1, -0.05) is 11.6 Å². The van der Waals surface area contributed by atoms with E-state index < -0.39 is 5.97 Å². The van der Waals surface area contributed by atoms with E-state index in [2.05, 4.69) is 0 Å². The number of ether oxygens (including phenoxy) is 3. The van der Waals surface area contributed by atoms with E-state index in [1.807, 2.05) is 6.92 Å². The van der Waals surface area contributed by atoms with Crippen LogP contribution < -0.4 is 14.2 Å². The zero-order valence-corrected chi connectivity index (χ0v) is 12.5. The van der Waals surface area contributed by atoms with Crippen molar-refractivity contribution in [1.82, 2.24) is 0 Å². The zero-order chi connectivity index (χ0) is 15.2. The van der Waals surface area contributed by atoms with Gasteiger partial charge in [0, 0.05) is 5.02 Å². The average Bonchev–Trinajstić information content (AvgIpc) is 2.49. The number of halogens is 1. The molecule has 21 heavy (non-hydrogen) atoms. The van der Waals surface area contributed by atoms with E-state index in [-0.39, 0.29) is 6.61 Å². The van der Waals surface area contributed by atoms with Crippen molar-refractivity contribution in [3.05, 3.63) is 53.1 Å². The first-order chi connectivity index (χ1) is 10.1.